The van der Waals surface area contributed by atoms with Crippen molar-refractivity contribution in [3.8, 4) is 0 Å². The molecular weight excluding hydrogens is 323 g/mol. The van der Waals surface area contributed by atoms with E-state index in [1.807, 2.05) is 54.6 Å². The van der Waals surface area contributed by atoms with Gasteiger partial charge in [0.2, 0.25) is 0 Å². The maximum Gasteiger partial charge on any atom is 0.307 e. The van der Waals surface area contributed by atoms with E-state index in [0.717, 1.165) is 5.56 Å². The first-order valence-corrected chi connectivity index (χ1v) is 9.78. The molecule has 0 heterocycles. The minimum absolute atomic E-state index is 0.0536. The molecule has 2 nitrogen and oxygen atoms in total. The Morgan fingerprint density at radius 1 is 0.957 bits per heavy atom. The summed E-state index contributed by atoms with van der Waals surface area (Å²) in [5.74, 6) is 0.521. The van der Waals surface area contributed by atoms with Crippen LogP contribution in [-0.2, 0) is 4.74 Å². The van der Waals surface area contributed by atoms with E-state index in [9.17, 15) is 4.79 Å². The fourth-order valence-electron chi connectivity index (χ4n) is 2.24. The molecule has 23 heavy (non-hydrogen) atoms. The van der Waals surface area contributed by atoms with Crippen LogP contribution >= 0.6 is 23.2 Å². The van der Waals surface area contributed by atoms with Crippen LogP contribution in [0.5, 0.6) is 0 Å². The van der Waals surface area contributed by atoms with E-state index in [4.69, 9.17) is 4.74 Å². The number of methoxy groups -OCH3 is 1. The Kier molecular flexibility index (Phi) is 6.87. The van der Waals surface area contributed by atoms with Crippen molar-refractivity contribution in [2.24, 2.45) is 0 Å². The van der Waals surface area contributed by atoms with Gasteiger partial charge >= 0.3 is 5.27 Å². The third-order valence-electron chi connectivity index (χ3n) is 3.44. The standard InChI is InChI=1S/C18H19BO2S2/c1-21-18(15-7-5-4-6-8-15)13-17(20)14-9-11-16(12-10-14)19(22-2)23-3/h4-13H,1-3H3/b18-13-. The molecule has 0 saturated carbocycles. The zero-order valence-electron chi connectivity index (χ0n) is 13.5. The summed E-state index contributed by atoms with van der Waals surface area (Å²) in [6.07, 6.45) is 5.73. The van der Waals surface area contributed by atoms with Crippen LogP contribution in [0.15, 0.2) is 60.7 Å². The van der Waals surface area contributed by atoms with Gasteiger partial charge < -0.3 is 4.74 Å². The second-order valence-electron chi connectivity index (χ2n) is 4.87. The maximum absolute atomic E-state index is 12.4. The summed E-state index contributed by atoms with van der Waals surface area (Å²) in [5.41, 5.74) is 2.78. The van der Waals surface area contributed by atoms with E-state index < -0.39 is 0 Å². The Morgan fingerprint density at radius 2 is 1.57 bits per heavy atom. The Hall–Kier alpha value is -1.59. The minimum Gasteiger partial charge on any atom is -0.496 e. The first-order chi connectivity index (χ1) is 11.2. The van der Waals surface area contributed by atoms with Crippen molar-refractivity contribution in [2.45, 2.75) is 0 Å². The minimum atomic E-state index is -0.0536. The zero-order chi connectivity index (χ0) is 16.7. The highest BCUT2D eigenvalue weighted by atomic mass is 32.2. The molecule has 0 atom stereocenters. The number of ketones is 1. The van der Waals surface area contributed by atoms with Crippen LogP contribution in [0.3, 0.4) is 0 Å². The summed E-state index contributed by atoms with van der Waals surface area (Å²) >= 11 is 3.59. The van der Waals surface area contributed by atoms with Gasteiger partial charge in [-0.15, -0.1) is 0 Å². The van der Waals surface area contributed by atoms with Crippen LogP contribution < -0.4 is 5.46 Å². The number of rotatable bonds is 7. The lowest BCUT2D eigenvalue weighted by Gasteiger charge is -2.09. The summed E-state index contributed by atoms with van der Waals surface area (Å²) in [6.45, 7) is 0. The number of benzene rings is 2. The summed E-state index contributed by atoms with van der Waals surface area (Å²) in [4.78, 5) is 12.4. The molecule has 0 spiro atoms. The molecule has 0 unspecified atom stereocenters. The quantitative estimate of drug-likeness (QED) is 0.329. The van der Waals surface area contributed by atoms with Gasteiger partial charge in [-0.3, -0.25) is 4.79 Å². The van der Waals surface area contributed by atoms with Crippen molar-refractivity contribution in [1.82, 2.24) is 0 Å². The van der Waals surface area contributed by atoms with Gasteiger partial charge in [-0.05, 0) is 12.5 Å². The molecule has 0 bridgehead atoms. The highest BCUT2D eigenvalue weighted by molar-refractivity contribution is 8.55. The first kappa shape index (κ1) is 17.8. The fraction of sp³-hybridized carbons (Fsp3) is 0.167. The lowest BCUT2D eigenvalue weighted by atomic mass is 9.91. The average molecular weight is 342 g/mol. The number of ether oxygens (including phenoxy) is 1. The third kappa shape index (κ3) is 4.69. The normalized spacial score (nSPS) is 11.2. The van der Waals surface area contributed by atoms with Gasteiger partial charge in [0, 0.05) is 17.2 Å². The van der Waals surface area contributed by atoms with Crippen molar-refractivity contribution >= 4 is 45.5 Å². The smallest absolute Gasteiger partial charge is 0.307 e. The lowest BCUT2D eigenvalue weighted by Crippen LogP contribution is -2.22. The summed E-state index contributed by atoms with van der Waals surface area (Å²) in [5, 5.41) is 0.397. The Morgan fingerprint density at radius 3 is 2.09 bits per heavy atom. The molecule has 0 aromatic heterocycles. The number of allylic oxidation sites excluding steroid dienone is 1. The summed E-state index contributed by atoms with van der Waals surface area (Å²) < 4.78 is 5.36. The van der Waals surface area contributed by atoms with Crippen LogP contribution in [0.25, 0.3) is 5.76 Å². The molecular formula is C18H19BO2S2. The molecule has 118 valence electrons. The molecule has 0 aliphatic heterocycles. The van der Waals surface area contributed by atoms with Gasteiger partial charge in [0.05, 0.1) is 7.11 Å². The molecule has 0 saturated heterocycles. The van der Waals surface area contributed by atoms with E-state index in [0.29, 0.717) is 16.6 Å². The molecule has 2 aromatic rings. The van der Waals surface area contributed by atoms with Crippen molar-refractivity contribution < 1.29 is 9.53 Å². The highest BCUT2D eigenvalue weighted by Gasteiger charge is 2.14. The molecule has 0 amide bonds. The van der Waals surface area contributed by atoms with Crippen molar-refractivity contribution in [2.75, 3.05) is 19.6 Å². The van der Waals surface area contributed by atoms with E-state index in [-0.39, 0.29) is 5.78 Å². The molecule has 0 aliphatic carbocycles. The van der Waals surface area contributed by atoms with Crippen LogP contribution in [0.4, 0.5) is 0 Å². The van der Waals surface area contributed by atoms with Crippen molar-refractivity contribution in [3.05, 3.63) is 71.8 Å². The summed E-state index contributed by atoms with van der Waals surface area (Å²) in [6, 6.07) is 17.4. The number of hydrogen-bond donors (Lipinski definition) is 0. The number of carbonyl (C=O) groups excluding carboxylic acids is 1. The molecule has 2 aromatic carbocycles. The van der Waals surface area contributed by atoms with E-state index in [1.54, 1.807) is 36.4 Å². The van der Waals surface area contributed by atoms with Crippen LogP contribution in [-0.4, -0.2) is 30.7 Å². The monoisotopic (exact) mass is 342 g/mol. The maximum atomic E-state index is 12.4. The van der Waals surface area contributed by atoms with Gasteiger partial charge in [0.25, 0.3) is 0 Å². The SMILES string of the molecule is CO/C(=C\C(=O)c1ccc(B(SC)SC)cc1)c1ccccc1. The van der Waals surface area contributed by atoms with Gasteiger partial charge in [0.15, 0.2) is 5.78 Å². The third-order valence-corrected chi connectivity index (χ3v) is 5.99. The largest absolute Gasteiger partial charge is 0.496 e. The number of hydrogen-bond acceptors (Lipinski definition) is 4. The topological polar surface area (TPSA) is 26.3 Å². The van der Waals surface area contributed by atoms with Gasteiger partial charge in [0.1, 0.15) is 5.76 Å². The van der Waals surface area contributed by atoms with Gasteiger partial charge in [-0.25, -0.2) is 0 Å². The summed E-state index contributed by atoms with van der Waals surface area (Å²) in [7, 11) is 1.58. The van der Waals surface area contributed by atoms with Crippen molar-refractivity contribution in [3.63, 3.8) is 0 Å². The molecule has 0 fully saturated rings. The highest BCUT2D eigenvalue weighted by Crippen LogP contribution is 2.17. The number of carbonyl (C=O) groups is 1. The molecule has 2 rings (SSSR count). The lowest BCUT2D eigenvalue weighted by molar-refractivity contribution is 0.104. The molecule has 0 radical (unpaired) electrons. The van der Waals surface area contributed by atoms with E-state index in [1.165, 1.54) is 5.46 Å². The van der Waals surface area contributed by atoms with Crippen molar-refractivity contribution in [1.29, 1.82) is 0 Å². The Labute approximate surface area is 146 Å². The second kappa shape index (κ2) is 8.89. The predicted molar refractivity (Wildman–Crippen MR) is 105 cm³/mol. The Bertz CT molecular complexity index is 665. The molecule has 0 aliphatic rings. The zero-order valence-corrected chi connectivity index (χ0v) is 15.1. The van der Waals surface area contributed by atoms with Gasteiger partial charge in [-0.2, -0.15) is 23.2 Å². The second-order valence-corrected chi connectivity index (χ2v) is 7.05. The van der Waals surface area contributed by atoms with E-state index >= 15 is 0 Å². The van der Waals surface area contributed by atoms with Gasteiger partial charge in [-0.1, -0.05) is 60.1 Å². The van der Waals surface area contributed by atoms with Crippen LogP contribution in [0, 0.1) is 0 Å². The van der Waals surface area contributed by atoms with Crippen LogP contribution in [0.1, 0.15) is 15.9 Å². The van der Waals surface area contributed by atoms with E-state index in [2.05, 4.69) is 12.5 Å². The molecule has 5 heteroatoms. The fourth-order valence-corrected chi connectivity index (χ4v) is 3.87. The predicted octanol–water partition coefficient (Wildman–Crippen LogP) is 3.98. The van der Waals surface area contributed by atoms with Crippen LogP contribution in [0.2, 0.25) is 0 Å². The first-order valence-electron chi connectivity index (χ1n) is 7.20. The Balaban J connectivity index is 2.21. The average Bonchev–Trinajstić information content (AvgIpc) is 2.62. The molecule has 0 N–H and O–H groups in total.